The number of rotatable bonds is 10. The van der Waals surface area contributed by atoms with Crippen molar-refractivity contribution in [2.24, 2.45) is 0 Å². The molecule has 410 valence electrons. The monoisotopic (exact) mass is 1080 g/mol. The summed E-state index contributed by atoms with van der Waals surface area (Å²) in [6, 6.07) is 62.9. The van der Waals surface area contributed by atoms with E-state index < -0.39 is 5.89 Å². The van der Waals surface area contributed by atoms with Crippen molar-refractivity contribution in [3.8, 4) is 39.6 Å². The molecule has 0 saturated heterocycles. The topological polar surface area (TPSA) is 33.5 Å². The van der Waals surface area contributed by atoms with E-state index in [1.165, 1.54) is 75.8 Å². The summed E-state index contributed by atoms with van der Waals surface area (Å²) in [6.07, 6.45) is 3.30. The molecule has 11 aromatic rings. The van der Waals surface area contributed by atoms with Crippen LogP contribution in [-0.2, 0) is 21.7 Å². The molecule has 0 unspecified atom stereocenters. The third-order valence-electron chi connectivity index (χ3n) is 16.9. The molecular formula is C75H78N4OS. The zero-order chi connectivity index (χ0) is 57.8. The Morgan fingerprint density at radius 3 is 1.68 bits per heavy atom. The average molecular weight is 1080 g/mol. The smallest absolute Gasteiger partial charge is 0.137 e. The molecule has 8 aromatic carbocycles. The number of anilines is 4. The zero-order valence-electron chi connectivity index (χ0n) is 51.0. The number of benzene rings is 8. The average Bonchev–Trinajstić information content (AvgIpc) is 4.35. The van der Waals surface area contributed by atoms with E-state index in [9.17, 15) is 1.37 Å². The van der Waals surface area contributed by atoms with Crippen LogP contribution in [0.4, 0.5) is 22.7 Å². The van der Waals surface area contributed by atoms with Gasteiger partial charge in [0, 0.05) is 67.5 Å². The molecule has 81 heavy (non-hydrogen) atoms. The summed E-state index contributed by atoms with van der Waals surface area (Å²) in [4.78, 5) is 10.0. The number of thiophene rings is 1. The van der Waals surface area contributed by atoms with Crippen LogP contribution >= 0.6 is 11.3 Å². The molecule has 12 rings (SSSR count). The fraction of sp³-hybridized carbons (Fsp3) is 0.293. The van der Waals surface area contributed by atoms with Crippen LogP contribution in [0.15, 0.2) is 176 Å². The first-order chi connectivity index (χ1) is 38.9. The normalized spacial score (nSPS) is 13.7. The van der Waals surface area contributed by atoms with E-state index in [2.05, 4.69) is 275 Å². The molecule has 0 saturated carbocycles. The van der Waals surface area contributed by atoms with Crippen molar-refractivity contribution in [2.45, 2.75) is 137 Å². The van der Waals surface area contributed by atoms with Crippen LogP contribution in [0, 0.1) is 0 Å². The first-order valence-electron chi connectivity index (χ1n) is 29.6. The van der Waals surface area contributed by atoms with Gasteiger partial charge in [-0.3, -0.25) is 4.57 Å². The number of ether oxygens (including phenoxy) is 1. The lowest BCUT2D eigenvalue weighted by Gasteiger charge is -2.31. The van der Waals surface area contributed by atoms with E-state index in [0.29, 0.717) is 19.5 Å². The molecule has 3 aromatic heterocycles. The molecule has 5 nitrogen and oxygen atoms in total. The Balaban J connectivity index is 0.989. The first kappa shape index (κ1) is 52.7. The van der Waals surface area contributed by atoms with Crippen molar-refractivity contribution < 1.29 is 6.11 Å². The number of para-hydroxylation sites is 3. The van der Waals surface area contributed by atoms with Crippen LogP contribution < -0.4 is 14.5 Å². The Morgan fingerprint density at radius 1 is 0.519 bits per heavy atom. The minimum absolute atomic E-state index is 0.0562. The van der Waals surface area contributed by atoms with Crippen LogP contribution in [0.1, 0.15) is 145 Å². The second-order valence-corrected chi connectivity index (χ2v) is 27.6. The molecule has 0 N–H and O–H groups in total. The molecule has 0 amide bonds. The van der Waals surface area contributed by atoms with Gasteiger partial charge >= 0.3 is 0 Å². The Labute approximate surface area is 486 Å². The zero-order valence-corrected chi connectivity index (χ0v) is 50.8. The van der Waals surface area contributed by atoms with Gasteiger partial charge in [-0.15, -0.1) is 11.3 Å². The number of nitrogens with zero attached hydrogens (tertiary/aromatic N) is 4. The predicted molar refractivity (Wildman–Crippen MR) is 349 cm³/mol. The summed E-state index contributed by atoms with van der Waals surface area (Å²) in [5.41, 5.74) is 17.5. The molecular weight excluding hydrogens is 1000 g/mol. The van der Waals surface area contributed by atoms with Gasteiger partial charge in [0.25, 0.3) is 0 Å². The van der Waals surface area contributed by atoms with E-state index in [-0.39, 0.29) is 21.7 Å². The second-order valence-electron chi connectivity index (χ2n) is 26.5. The van der Waals surface area contributed by atoms with Gasteiger partial charge in [0.2, 0.25) is 0 Å². The summed E-state index contributed by atoms with van der Waals surface area (Å²) in [7, 11) is 0. The quantitative estimate of drug-likeness (QED) is 0.137. The van der Waals surface area contributed by atoms with Gasteiger partial charge in [0.15, 0.2) is 0 Å². The molecule has 1 aliphatic rings. The van der Waals surface area contributed by atoms with Crippen molar-refractivity contribution in [3.05, 3.63) is 204 Å². The summed E-state index contributed by atoms with van der Waals surface area (Å²) in [5.74, 6) is 1.56. The lowest BCUT2D eigenvalue weighted by atomic mass is 9.77. The number of hydrogen-bond acceptors (Lipinski definition) is 5. The lowest BCUT2D eigenvalue weighted by Crippen LogP contribution is -2.25. The molecule has 0 aliphatic carbocycles. The molecule has 0 radical (unpaired) electrons. The number of aromatic nitrogens is 2. The van der Waals surface area contributed by atoms with Crippen LogP contribution in [0.25, 0.3) is 70.0 Å². The largest absolute Gasteiger partial charge is 0.457 e. The van der Waals surface area contributed by atoms with E-state index in [4.69, 9.17) is 9.72 Å². The number of fused-ring (bicyclic) bond motifs is 8. The van der Waals surface area contributed by atoms with Crippen molar-refractivity contribution >= 4 is 76.1 Å². The van der Waals surface area contributed by atoms with Gasteiger partial charge in [0.1, 0.15) is 24.0 Å². The highest BCUT2D eigenvalue weighted by Gasteiger charge is 2.33. The van der Waals surface area contributed by atoms with Gasteiger partial charge < -0.3 is 14.5 Å². The second kappa shape index (κ2) is 20.1. The maximum absolute atomic E-state index is 9.44. The molecule has 6 heteroatoms. The molecule has 0 fully saturated rings. The maximum Gasteiger partial charge on any atom is 0.137 e. The molecule has 1 aliphatic heterocycles. The minimum atomic E-state index is -0.713. The molecule has 0 atom stereocenters. The Kier molecular flexibility index (Phi) is 13.1. The predicted octanol–water partition coefficient (Wildman–Crippen LogP) is 22.0. The standard InChI is InChI=1S/C75H78N4OS/c1-15-47(16-2)48-35-36-76-68(41-48)79-65-34-33-61-60-25-17-20-30-67(60)81-71(61)69(65)62-32-31-57(45-66(62)79)80-56-24-21-23-55(44-56)77-46-78(64-29-19-18-28-63(64)77)70-58(49-37-51(72(3,4)5)42-52(38-49)73(6,7)8)26-22-27-59(70)50-39-53(74(9,10)11)43-54(40-50)75(12,13)14/h17-45,47H,15-16,46H2,1-14H3/i47D. The summed E-state index contributed by atoms with van der Waals surface area (Å²) >= 11 is 1.84. The molecule has 0 bridgehead atoms. The lowest BCUT2D eigenvalue weighted by molar-refractivity contribution is 0.483. The maximum atomic E-state index is 9.44. The number of hydrogen-bond donors (Lipinski definition) is 0. The summed E-state index contributed by atoms with van der Waals surface area (Å²) in [5, 5.41) is 4.86. The van der Waals surface area contributed by atoms with Crippen molar-refractivity contribution in [1.29, 1.82) is 0 Å². The highest BCUT2D eigenvalue weighted by molar-refractivity contribution is 7.26. The van der Waals surface area contributed by atoms with E-state index in [0.717, 1.165) is 56.4 Å². The first-order valence-corrected chi connectivity index (χ1v) is 30.0. The van der Waals surface area contributed by atoms with E-state index in [1.54, 1.807) is 0 Å². The fourth-order valence-corrected chi connectivity index (χ4v) is 13.3. The van der Waals surface area contributed by atoms with Crippen LogP contribution in [0.5, 0.6) is 11.5 Å². The Morgan fingerprint density at radius 2 is 1.07 bits per heavy atom. The Bertz CT molecular complexity index is 4120. The fourth-order valence-electron chi connectivity index (χ4n) is 12.1. The van der Waals surface area contributed by atoms with Gasteiger partial charge in [0.05, 0.1) is 28.1 Å². The van der Waals surface area contributed by atoms with Gasteiger partial charge in [-0.2, -0.15) is 0 Å². The van der Waals surface area contributed by atoms with Crippen molar-refractivity contribution in [2.75, 3.05) is 16.5 Å². The van der Waals surface area contributed by atoms with E-state index >= 15 is 0 Å². The van der Waals surface area contributed by atoms with Gasteiger partial charge in [-0.05, 0) is 140 Å². The highest BCUT2D eigenvalue weighted by Crippen LogP contribution is 2.52. The molecule has 0 spiro atoms. The SMILES string of the molecule is [2H]C(CC)(CC)c1ccnc(-n2c3cc(Oc4cccc(N5CN(c6c(-c7cc(C(C)(C)C)cc(C(C)(C)C)c7)cccc6-c6cc(C(C)(C)C)cc(C(C)(C)C)c6)c6ccccc65)c4)ccc3c3c4sc5ccccc5c4ccc32)c1. The highest BCUT2D eigenvalue weighted by atomic mass is 32.1. The number of pyridine rings is 1. The molecule has 4 heterocycles. The van der Waals surface area contributed by atoms with Crippen molar-refractivity contribution in [3.63, 3.8) is 0 Å². The van der Waals surface area contributed by atoms with E-state index in [1.807, 2.05) is 23.6 Å². The Hall–Kier alpha value is -7.67. The third kappa shape index (κ3) is 9.88. The third-order valence-corrected chi connectivity index (χ3v) is 18.1. The van der Waals surface area contributed by atoms with Crippen molar-refractivity contribution in [1.82, 2.24) is 9.55 Å². The minimum Gasteiger partial charge on any atom is -0.457 e. The summed E-state index contributed by atoms with van der Waals surface area (Å²) in [6.45, 7) is 32.8. The van der Waals surface area contributed by atoms with Gasteiger partial charge in [-0.1, -0.05) is 194 Å². The van der Waals surface area contributed by atoms with Crippen LogP contribution in [0.3, 0.4) is 0 Å². The summed E-state index contributed by atoms with van der Waals surface area (Å²) < 4.78 is 21.3. The van der Waals surface area contributed by atoms with Crippen LogP contribution in [0.2, 0.25) is 0 Å². The van der Waals surface area contributed by atoms with Crippen LogP contribution in [-0.4, -0.2) is 16.2 Å². The van der Waals surface area contributed by atoms with Gasteiger partial charge in [-0.25, -0.2) is 4.98 Å².